The molecule has 2 aliphatic carbocycles. The highest BCUT2D eigenvalue weighted by molar-refractivity contribution is 6.38. The van der Waals surface area contributed by atoms with Crippen molar-refractivity contribution in [2.24, 2.45) is 11.3 Å². The number of halogens is 3. The lowest BCUT2D eigenvalue weighted by Crippen LogP contribution is -2.62. The number of ether oxygens (including phenoxy) is 2. The van der Waals surface area contributed by atoms with Crippen molar-refractivity contribution in [1.82, 2.24) is 36.1 Å². The lowest BCUT2D eigenvalue weighted by molar-refractivity contribution is -0.275. The van der Waals surface area contributed by atoms with Crippen LogP contribution in [0, 0.1) is 11.3 Å². The van der Waals surface area contributed by atoms with E-state index in [1.54, 1.807) is 27.7 Å². The van der Waals surface area contributed by atoms with Gasteiger partial charge in [-0.15, -0.1) is 13.2 Å². The maximum absolute atomic E-state index is 14.8. The first-order chi connectivity index (χ1) is 27.4. The monoisotopic (exact) mass is 815 g/mol. The number of aromatic nitrogens is 2. The molecule has 15 nitrogen and oxygen atoms in total. The molecule has 5 amide bonds. The van der Waals surface area contributed by atoms with Crippen LogP contribution in [0.3, 0.4) is 0 Å². The summed E-state index contributed by atoms with van der Waals surface area (Å²) < 4.78 is 50.0. The number of para-hydroxylation sites is 2. The van der Waals surface area contributed by atoms with E-state index >= 15 is 0 Å². The molecule has 3 fully saturated rings. The van der Waals surface area contributed by atoms with Gasteiger partial charge in [-0.3, -0.25) is 33.8 Å². The summed E-state index contributed by atoms with van der Waals surface area (Å²) in [6.07, 6.45) is 3.70. The fourth-order valence-corrected chi connectivity index (χ4v) is 7.32. The van der Waals surface area contributed by atoms with Gasteiger partial charge in [-0.1, -0.05) is 65.5 Å². The Hall–Kier alpha value is -5.29. The molecule has 0 spiro atoms. The number of carbonyl (C=O) groups is 6. The van der Waals surface area contributed by atoms with Gasteiger partial charge in [-0.25, -0.2) is 4.98 Å². The molecule has 5 rings (SSSR count). The van der Waals surface area contributed by atoms with E-state index in [4.69, 9.17) is 4.74 Å². The summed E-state index contributed by atoms with van der Waals surface area (Å²) in [6.45, 7) is 6.60. The van der Waals surface area contributed by atoms with Gasteiger partial charge in [-0.05, 0) is 55.6 Å². The Balaban J connectivity index is 1.43. The van der Waals surface area contributed by atoms with Crippen LogP contribution < -0.4 is 30.7 Å². The number of benzene rings is 1. The standard InChI is InChI=1S/C40H52F3N7O8/c1-5-11-26(32(51)37(55)46-24-16-17-24)47-35(53)28-20-25(57-29-14-9-10-15-30(29)58-40(41,42)43)22-50(28)38(56)33(39(2,3)4)49-36(54)31(23-12-7-6-8-13-23)48-34(52)27-21-44-18-19-45-27/h9-10,14-15,18-19,21,23-26,28,31,33H,5-8,11-13,16-17,20,22H2,1-4H3,(H,46,55)(H,47,53)(H,48,52)(H,49,54)/t25-,26+,28?,31+,33-/m1/s1. The molecule has 4 N–H and O–H groups in total. The highest BCUT2D eigenvalue weighted by Crippen LogP contribution is 2.35. The summed E-state index contributed by atoms with van der Waals surface area (Å²) in [5, 5.41) is 10.9. The second-order valence-corrected chi connectivity index (χ2v) is 16.2. The number of nitrogens with one attached hydrogen (secondary N) is 4. The third-order valence-corrected chi connectivity index (χ3v) is 10.4. The van der Waals surface area contributed by atoms with Crippen LogP contribution in [0.25, 0.3) is 0 Å². The predicted octanol–water partition coefficient (Wildman–Crippen LogP) is 3.77. The van der Waals surface area contributed by atoms with Crippen LogP contribution in [0.15, 0.2) is 42.9 Å². The second kappa shape index (κ2) is 19.0. The normalized spacial score (nSPS) is 20.2. The summed E-state index contributed by atoms with van der Waals surface area (Å²) in [5.74, 6) is -5.60. The predicted molar refractivity (Wildman–Crippen MR) is 202 cm³/mol. The molecule has 1 aromatic heterocycles. The number of Topliss-reactive ketones (excluding diaryl/α,β-unsaturated/α-hetero) is 1. The number of rotatable bonds is 16. The summed E-state index contributed by atoms with van der Waals surface area (Å²) >= 11 is 0. The Morgan fingerprint density at radius 3 is 2.21 bits per heavy atom. The number of likely N-dealkylation sites (tertiary alicyclic amines) is 1. The average Bonchev–Trinajstić information content (AvgIpc) is 3.90. The number of hydrogen-bond donors (Lipinski definition) is 4. The molecule has 5 atom stereocenters. The largest absolute Gasteiger partial charge is 0.573 e. The first-order valence-electron chi connectivity index (χ1n) is 19.8. The maximum Gasteiger partial charge on any atom is 0.573 e. The van der Waals surface area contributed by atoms with E-state index in [1.165, 1.54) is 41.7 Å². The molecule has 18 heteroatoms. The van der Waals surface area contributed by atoms with Crippen molar-refractivity contribution < 1.29 is 51.4 Å². The van der Waals surface area contributed by atoms with Crippen LogP contribution in [0.4, 0.5) is 13.2 Å². The first kappa shape index (κ1) is 43.8. The molecular formula is C40H52F3N7O8. The van der Waals surface area contributed by atoms with Crippen molar-refractivity contribution in [2.75, 3.05) is 6.54 Å². The highest BCUT2D eigenvalue weighted by Gasteiger charge is 2.48. The summed E-state index contributed by atoms with van der Waals surface area (Å²) in [7, 11) is 0. The molecular weight excluding hydrogens is 763 g/mol. The smallest absolute Gasteiger partial charge is 0.485 e. The minimum Gasteiger partial charge on any atom is -0.485 e. The van der Waals surface area contributed by atoms with E-state index in [2.05, 4.69) is 36.0 Å². The van der Waals surface area contributed by atoms with Crippen molar-refractivity contribution in [3.05, 3.63) is 48.5 Å². The lowest BCUT2D eigenvalue weighted by Gasteiger charge is -2.37. The van der Waals surface area contributed by atoms with Crippen LogP contribution in [0.1, 0.15) is 102 Å². The van der Waals surface area contributed by atoms with Gasteiger partial charge in [0.1, 0.15) is 29.9 Å². The SMILES string of the molecule is CCC[C@H](NC(=O)C1C[C@@H](Oc2ccccc2OC(F)(F)F)CN1C(=O)[C@@H](NC(=O)[C@@H](NC(=O)c1cnccn1)C1CCCCC1)C(C)(C)C)C(=O)C(=O)NC1CC1. The van der Waals surface area contributed by atoms with Crippen molar-refractivity contribution >= 4 is 35.3 Å². The van der Waals surface area contributed by atoms with Crippen LogP contribution in [0.5, 0.6) is 11.5 Å². The summed E-state index contributed by atoms with van der Waals surface area (Å²) in [5.41, 5.74) is -0.975. The fraction of sp³-hybridized carbons (Fsp3) is 0.600. The molecule has 2 heterocycles. The highest BCUT2D eigenvalue weighted by atomic mass is 19.4. The Kier molecular flexibility index (Phi) is 14.3. The summed E-state index contributed by atoms with van der Waals surface area (Å²) in [4.78, 5) is 91.6. The molecule has 2 aromatic rings. The Labute approximate surface area is 335 Å². The molecule has 316 valence electrons. The number of ketones is 1. The molecule has 1 aromatic carbocycles. The van der Waals surface area contributed by atoms with Gasteiger partial charge in [0.15, 0.2) is 11.5 Å². The Bertz CT molecular complexity index is 1800. The molecule has 1 aliphatic heterocycles. The van der Waals surface area contributed by atoms with Gasteiger partial charge in [-0.2, -0.15) is 0 Å². The molecule has 1 saturated heterocycles. The maximum atomic E-state index is 14.8. The van der Waals surface area contributed by atoms with E-state index in [9.17, 15) is 41.9 Å². The van der Waals surface area contributed by atoms with E-state index in [0.29, 0.717) is 19.3 Å². The average molecular weight is 816 g/mol. The van der Waals surface area contributed by atoms with Crippen LogP contribution in [-0.4, -0.2) is 99.4 Å². The molecule has 0 bridgehead atoms. The van der Waals surface area contributed by atoms with Crippen LogP contribution >= 0.6 is 0 Å². The topological polar surface area (TPSA) is 198 Å². The van der Waals surface area contributed by atoms with Gasteiger partial charge in [0.05, 0.1) is 18.8 Å². The minimum atomic E-state index is -5.03. The number of carbonyl (C=O) groups excluding carboxylic acids is 6. The Morgan fingerprint density at radius 1 is 0.914 bits per heavy atom. The van der Waals surface area contributed by atoms with Crippen LogP contribution in [-0.2, 0) is 24.0 Å². The van der Waals surface area contributed by atoms with Gasteiger partial charge in [0.2, 0.25) is 23.5 Å². The van der Waals surface area contributed by atoms with Gasteiger partial charge in [0, 0.05) is 24.9 Å². The third-order valence-electron chi connectivity index (χ3n) is 10.4. The van der Waals surface area contributed by atoms with Gasteiger partial charge in [0.25, 0.3) is 11.8 Å². The lowest BCUT2D eigenvalue weighted by atomic mass is 9.82. The zero-order valence-corrected chi connectivity index (χ0v) is 33.1. The molecule has 0 radical (unpaired) electrons. The van der Waals surface area contributed by atoms with Gasteiger partial charge < -0.3 is 35.6 Å². The first-order valence-corrected chi connectivity index (χ1v) is 19.8. The van der Waals surface area contributed by atoms with Gasteiger partial charge >= 0.3 is 6.36 Å². The quantitative estimate of drug-likeness (QED) is 0.181. The molecule has 58 heavy (non-hydrogen) atoms. The van der Waals surface area contributed by atoms with E-state index in [-0.39, 0.29) is 42.8 Å². The third kappa shape index (κ3) is 11.9. The summed E-state index contributed by atoms with van der Waals surface area (Å²) in [6, 6.07) is 0.0870. The van der Waals surface area contributed by atoms with Crippen molar-refractivity contribution in [3.8, 4) is 11.5 Å². The van der Waals surface area contributed by atoms with E-state index in [0.717, 1.165) is 38.2 Å². The molecule has 1 unspecified atom stereocenters. The van der Waals surface area contributed by atoms with Crippen molar-refractivity contribution in [2.45, 2.75) is 135 Å². The number of nitrogens with zero attached hydrogens (tertiary/aromatic N) is 3. The number of hydrogen-bond acceptors (Lipinski definition) is 10. The molecule has 2 saturated carbocycles. The van der Waals surface area contributed by atoms with Crippen LogP contribution in [0.2, 0.25) is 0 Å². The van der Waals surface area contributed by atoms with Crippen molar-refractivity contribution in [3.63, 3.8) is 0 Å². The van der Waals surface area contributed by atoms with Crippen molar-refractivity contribution in [1.29, 1.82) is 0 Å². The zero-order valence-electron chi connectivity index (χ0n) is 33.1. The Morgan fingerprint density at radius 2 is 1.60 bits per heavy atom. The minimum absolute atomic E-state index is 0.00334. The fourth-order valence-electron chi connectivity index (χ4n) is 7.32. The molecule has 3 aliphatic rings. The van der Waals surface area contributed by atoms with E-state index < -0.39 is 83.1 Å². The van der Waals surface area contributed by atoms with E-state index in [1.807, 2.05) is 0 Å². The number of amides is 5. The zero-order chi connectivity index (χ0) is 42.2. The second-order valence-electron chi connectivity index (χ2n) is 16.2. The number of alkyl halides is 3.